The maximum atomic E-state index is 5.35. The lowest BCUT2D eigenvalue weighted by molar-refractivity contribution is 0.0829. The zero-order valence-corrected chi connectivity index (χ0v) is 9.05. The molecule has 0 atom stereocenters. The molecule has 0 N–H and O–H groups in total. The summed E-state index contributed by atoms with van der Waals surface area (Å²) in [6, 6.07) is 8.78. The Morgan fingerprint density at radius 2 is 1.79 bits per heavy atom. The highest BCUT2D eigenvalue weighted by molar-refractivity contribution is 5.34. The molecule has 0 fully saturated rings. The van der Waals surface area contributed by atoms with Gasteiger partial charge in [-0.1, -0.05) is 31.2 Å². The van der Waals surface area contributed by atoms with Crippen molar-refractivity contribution in [3.05, 3.63) is 35.4 Å². The van der Waals surface area contributed by atoms with Crippen molar-refractivity contribution in [2.45, 2.75) is 26.2 Å². The minimum absolute atomic E-state index is 0.373. The van der Waals surface area contributed by atoms with E-state index in [2.05, 4.69) is 31.2 Å². The first-order valence-corrected chi connectivity index (χ1v) is 5.35. The van der Waals surface area contributed by atoms with Gasteiger partial charge in [-0.05, 0) is 30.4 Å². The first-order valence-electron chi connectivity index (χ1n) is 5.35. The van der Waals surface area contributed by atoms with E-state index in [-0.39, 0.29) is 0 Å². The van der Waals surface area contributed by atoms with Gasteiger partial charge in [-0.3, -0.25) is 0 Å². The van der Waals surface area contributed by atoms with Crippen molar-refractivity contribution in [3.63, 3.8) is 0 Å². The van der Waals surface area contributed by atoms with E-state index in [0.717, 1.165) is 6.61 Å². The van der Waals surface area contributed by atoms with Gasteiger partial charge in [0.1, 0.15) is 0 Å². The van der Waals surface area contributed by atoms with Gasteiger partial charge in [0.15, 0.2) is 0 Å². The first kappa shape index (κ1) is 9.72. The van der Waals surface area contributed by atoms with Crippen LogP contribution in [0.2, 0.25) is 0 Å². The minimum Gasteiger partial charge on any atom is -0.384 e. The standard InChI is InChI=1S/C13H18O/c1-3-13(10-14-2)8-11-6-4-5-7-12(11)9-13/h4-7H,3,8-10H2,1-2H3. The largest absolute Gasteiger partial charge is 0.384 e. The van der Waals surface area contributed by atoms with Gasteiger partial charge in [0.05, 0.1) is 6.61 Å². The van der Waals surface area contributed by atoms with Crippen LogP contribution in [0.1, 0.15) is 24.5 Å². The topological polar surface area (TPSA) is 9.23 Å². The maximum Gasteiger partial charge on any atom is 0.0524 e. The number of rotatable bonds is 3. The highest BCUT2D eigenvalue weighted by Crippen LogP contribution is 2.39. The highest BCUT2D eigenvalue weighted by atomic mass is 16.5. The predicted octanol–water partition coefficient (Wildman–Crippen LogP) is 2.83. The second kappa shape index (κ2) is 3.74. The third-order valence-electron chi connectivity index (χ3n) is 3.45. The fraction of sp³-hybridized carbons (Fsp3) is 0.538. The number of hydrogen-bond acceptors (Lipinski definition) is 1. The molecule has 1 aromatic carbocycles. The van der Waals surface area contributed by atoms with E-state index in [9.17, 15) is 0 Å². The number of ether oxygens (including phenoxy) is 1. The van der Waals surface area contributed by atoms with Crippen LogP contribution in [0.15, 0.2) is 24.3 Å². The van der Waals surface area contributed by atoms with Crippen molar-refractivity contribution in [1.82, 2.24) is 0 Å². The molecule has 1 nitrogen and oxygen atoms in total. The lowest BCUT2D eigenvalue weighted by Crippen LogP contribution is -2.26. The van der Waals surface area contributed by atoms with E-state index < -0.39 is 0 Å². The molecule has 14 heavy (non-hydrogen) atoms. The quantitative estimate of drug-likeness (QED) is 0.712. The van der Waals surface area contributed by atoms with Crippen LogP contribution in [0.5, 0.6) is 0 Å². The monoisotopic (exact) mass is 190 g/mol. The number of methoxy groups -OCH3 is 1. The van der Waals surface area contributed by atoms with Crippen LogP contribution in [0.3, 0.4) is 0 Å². The molecule has 0 spiro atoms. The van der Waals surface area contributed by atoms with Crippen LogP contribution in [-0.2, 0) is 17.6 Å². The Morgan fingerprint density at radius 3 is 2.21 bits per heavy atom. The lowest BCUT2D eigenvalue weighted by Gasteiger charge is -2.26. The third-order valence-corrected chi connectivity index (χ3v) is 3.45. The van der Waals surface area contributed by atoms with E-state index in [1.165, 1.54) is 30.4 Å². The Bertz CT molecular complexity index is 292. The van der Waals surface area contributed by atoms with Crippen molar-refractivity contribution in [2.24, 2.45) is 5.41 Å². The van der Waals surface area contributed by atoms with Crippen LogP contribution in [0, 0.1) is 5.41 Å². The highest BCUT2D eigenvalue weighted by Gasteiger charge is 2.35. The molecule has 1 aromatic rings. The summed E-state index contributed by atoms with van der Waals surface area (Å²) in [5, 5.41) is 0. The van der Waals surface area contributed by atoms with Gasteiger partial charge in [0.25, 0.3) is 0 Å². The van der Waals surface area contributed by atoms with E-state index in [1.807, 2.05) is 0 Å². The van der Waals surface area contributed by atoms with E-state index in [4.69, 9.17) is 4.74 Å². The van der Waals surface area contributed by atoms with Gasteiger partial charge in [-0.2, -0.15) is 0 Å². The third kappa shape index (κ3) is 1.57. The molecule has 0 bridgehead atoms. The zero-order chi connectivity index (χ0) is 10.0. The zero-order valence-electron chi connectivity index (χ0n) is 9.05. The second-order valence-corrected chi connectivity index (χ2v) is 4.41. The molecule has 0 aromatic heterocycles. The summed E-state index contributed by atoms with van der Waals surface area (Å²) in [4.78, 5) is 0. The maximum absolute atomic E-state index is 5.35. The molecule has 0 saturated carbocycles. The summed E-state index contributed by atoms with van der Waals surface area (Å²) >= 11 is 0. The predicted molar refractivity (Wildman–Crippen MR) is 58.5 cm³/mol. The summed E-state index contributed by atoms with van der Waals surface area (Å²) < 4.78 is 5.35. The fourth-order valence-electron chi connectivity index (χ4n) is 2.53. The molecule has 0 aliphatic heterocycles. The van der Waals surface area contributed by atoms with Gasteiger partial charge in [-0.25, -0.2) is 0 Å². The van der Waals surface area contributed by atoms with Gasteiger partial charge >= 0.3 is 0 Å². The Kier molecular flexibility index (Phi) is 2.60. The Balaban J connectivity index is 2.23. The molecule has 0 heterocycles. The molecule has 0 amide bonds. The normalized spacial score (nSPS) is 18.1. The molecule has 76 valence electrons. The van der Waals surface area contributed by atoms with Crippen molar-refractivity contribution < 1.29 is 4.74 Å². The van der Waals surface area contributed by atoms with Gasteiger partial charge in [0, 0.05) is 12.5 Å². The SMILES string of the molecule is CCC1(COC)Cc2ccccc2C1. The number of hydrogen-bond donors (Lipinski definition) is 0. The molecule has 1 aliphatic carbocycles. The molecule has 1 heteroatoms. The smallest absolute Gasteiger partial charge is 0.0524 e. The van der Waals surface area contributed by atoms with Crippen LogP contribution in [-0.4, -0.2) is 13.7 Å². The molecule has 2 rings (SSSR count). The van der Waals surface area contributed by atoms with E-state index >= 15 is 0 Å². The average Bonchev–Trinajstić information content (AvgIpc) is 2.57. The van der Waals surface area contributed by atoms with E-state index in [0.29, 0.717) is 5.41 Å². The van der Waals surface area contributed by atoms with Crippen LogP contribution >= 0.6 is 0 Å². The number of fused-ring (bicyclic) bond motifs is 1. The van der Waals surface area contributed by atoms with Crippen LogP contribution in [0.25, 0.3) is 0 Å². The summed E-state index contributed by atoms with van der Waals surface area (Å²) in [7, 11) is 1.81. The van der Waals surface area contributed by atoms with Crippen LogP contribution in [0.4, 0.5) is 0 Å². The van der Waals surface area contributed by atoms with Gasteiger partial charge in [0.2, 0.25) is 0 Å². The lowest BCUT2D eigenvalue weighted by atomic mass is 9.83. The second-order valence-electron chi connectivity index (χ2n) is 4.41. The molecule has 1 aliphatic rings. The Labute approximate surface area is 86.1 Å². The summed E-state index contributed by atoms with van der Waals surface area (Å²) in [5.41, 5.74) is 3.41. The van der Waals surface area contributed by atoms with Crippen molar-refractivity contribution in [1.29, 1.82) is 0 Å². The molecular formula is C13H18O. The minimum atomic E-state index is 0.373. The van der Waals surface area contributed by atoms with Crippen molar-refractivity contribution in [3.8, 4) is 0 Å². The Morgan fingerprint density at radius 1 is 1.21 bits per heavy atom. The van der Waals surface area contributed by atoms with Crippen LogP contribution < -0.4 is 0 Å². The summed E-state index contributed by atoms with van der Waals surface area (Å²) in [6.07, 6.45) is 3.58. The van der Waals surface area contributed by atoms with Gasteiger partial charge in [-0.15, -0.1) is 0 Å². The summed E-state index contributed by atoms with van der Waals surface area (Å²) in [5.74, 6) is 0. The average molecular weight is 190 g/mol. The Hall–Kier alpha value is -0.820. The molecular weight excluding hydrogens is 172 g/mol. The molecule has 0 unspecified atom stereocenters. The summed E-state index contributed by atoms with van der Waals surface area (Å²) in [6.45, 7) is 3.16. The van der Waals surface area contributed by atoms with Crippen molar-refractivity contribution in [2.75, 3.05) is 13.7 Å². The van der Waals surface area contributed by atoms with Crippen molar-refractivity contribution >= 4 is 0 Å². The fourth-order valence-corrected chi connectivity index (χ4v) is 2.53. The molecule has 0 saturated heterocycles. The van der Waals surface area contributed by atoms with E-state index in [1.54, 1.807) is 7.11 Å². The first-order chi connectivity index (χ1) is 6.79. The van der Waals surface area contributed by atoms with Gasteiger partial charge < -0.3 is 4.74 Å². The number of benzene rings is 1. The molecule has 0 radical (unpaired) electrons.